The number of nitrogens with zero attached hydrogens (tertiary/aromatic N) is 5. The van der Waals surface area contributed by atoms with Crippen LogP contribution in [0.2, 0.25) is 0 Å². The van der Waals surface area contributed by atoms with Crippen molar-refractivity contribution in [3.8, 4) is 0 Å². The molecule has 9 heteroatoms. The van der Waals surface area contributed by atoms with Crippen LogP contribution in [0.4, 0.5) is 10.2 Å². The van der Waals surface area contributed by atoms with Crippen LogP contribution in [0, 0.1) is 5.82 Å². The van der Waals surface area contributed by atoms with Gasteiger partial charge in [0.1, 0.15) is 11.6 Å². The molecule has 0 bridgehead atoms. The normalized spacial score (nSPS) is 11.1. The monoisotopic (exact) mass is 371 g/mol. The van der Waals surface area contributed by atoms with Crippen LogP contribution in [-0.2, 0) is 6.42 Å². The van der Waals surface area contributed by atoms with E-state index in [1.54, 1.807) is 4.52 Å². The van der Waals surface area contributed by atoms with Crippen LogP contribution in [0.15, 0.2) is 36.4 Å². The first kappa shape index (κ1) is 18.7. The summed E-state index contributed by atoms with van der Waals surface area (Å²) in [4.78, 5) is 14.2. The van der Waals surface area contributed by atoms with E-state index in [1.807, 2.05) is 26.2 Å². The summed E-state index contributed by atoms with van der Waals surface area (Å²) >= 11 is 0. The van der Waals surface area contributed by atoms with Crippen molar-refractivity contribution in [1.29, 1.82) is 0 Å². The van der Waals surface area contributed by atoms with Crippen molar-refractivity contribution in [3.63, 3.8) is 0 Å². The van der Waals surface area contributed by atoms with Gasteiger partial charge in [0.15, 0.2) is 11.5 Å². The largest absolute Gasteiger partial charge is 0.367 e. The molecule has 142 valence electrons. The second-order valence-corrected chi connectivity index (χ2v) is 6.35. The van der Waals surface area contributed by atoms with Gasteiger partial charge in [-0.1, -0.05) is 0 Å². The minimum Gasteiger partial charge on any atom is -0.367 e. The van der Waals surface area contributed by atoms with Crippen molar-refractivity contribution < 1.29 is 9.18 Å². The average molecular weight is 371 g/mol. The fourth-order valence-corrected chi connectivity index (χ4v) is 2.48. The Morgan fingerprint density at radius 3 is 2.63 bits per heavy atom. The summed E-state index contributed by atoms with van der Waals surface area (Å²) in [5.41, 5.74) is 1.06. The minimum atomic E-state index is -0.373. The summed E-state index contributed by atoms with van der Waals surface area (Å²) in [6.45, 7) is 2.04. The predicted molar refractivity (Wildman–Crippen MR) is 100 cm³/mol. The summed E-state index contributed by atoms with van der Waals surface area (Å²) in [5, 5.41) is 18.8. The van der Waals surface area contributed by atoms with E-state index in [1.165, 1.54) is 24.3 Å². The van der Waals surface area contributed by atoms with Crippen LogP contribution in [-0.4, -0.2) is 64.3 Å². The Morgan fingerprint density at radius 2 is 1.89 bits per heavy atom. The number of benzene rings is 1. The number of fused-ring (bicyclic) bond motifs is 1. The fraction of sp³-hybridized carbons (Fsp3) is 0.333. The molecular formula is C18H22FN7O. The molecule has 1 amide bonds. The van der Waals surface area contributed by atoms with Gasteiger partial charge in [-0.05, 0) is 50.5 Å². The summed E-state index contributed by atoms with van der Waals surface area (Å²) in [6.07, 6.45) is 0.474. The van der Waals surface area contributed by atoms with Crippen molar-refractivity contribution in [2.24, 2.45) is 0 Å². The Bertz CT molecular complexity index is 908. The maximum absolute atomic E-state index is 12.9. The van der Waals surface area contributed by atoms with Crippen molar-refractivity contribution in [1.82, 2.24) is 30.0 Å². The molecule has 0 aliphatic heterocycles. The lowest BCUT2D eigenvalue weighted by atomic mass is 10.2. The smallest absolute Gasteiger partial charge is 0.251 e. The van der Waals surface area contributed by atoms with Crippen molar-refractivity contribution in [3.05, 3.63) is 53.6 Å². The van der Waals surface area contributed by atoms with Gasteiger partial charge in [0.05, 0.1) is 0 Å². The third kappa shape index (κ3) is 4.98. The maximum Gasteiger partial charge on any atom is 0.251 e. The molecule has 0 aliphatic carbocycles. The Morgan fingerprint density at radius 1 is 1.11 bits per heavy atom. The standard InChI is InChI=1S/C18H22FN7O/c1-25(2)12-11-20-15-7-8-16-22-23-17(26(16)24-15)9-10-21-18(27)13-3-5-14(19)6-4-13/h3-8H,9-12H2,1-2H3,(H,20,24)(H,21,27). The highest BCUT2D eigenvalue weighted by Gasteiger charge is 2.10. The van der Waals surface area contributed by atoms with Gasteiger partial charge in [-0.25, -0.2) is 4.39 Å². The van der Waals surface area contributed by atoms with Gasteiger partial charge in [0, 0.05) is 31.6 Å². The summed E-state index contributed by atoms with van der Waals surface area (Å²) < 4.78 is 14.6. The van der Waals surface area contributed by atoms with E-state index in [-0.39, 0.29) is 11.7 Å². The highest BCUT2D eigenvalue weighted by Crippen LogP contribution is 2.08. The molecule has 3 aromatic rings. The first-order chi connectivity index (χ1) is 13.0. The van der Waals surface area contributed by atoms with Gasteiger partial charge in [-0.15, -0.1) is 15.3 Å². The molecule has 1 aromatic carbocycles. The summed E-state index contributed by atoms with van der Waals surface area (Å²) in [5.74, 6) is 0.756. The number of rotatable bonds is 8. The molecule has 0 spiro atoms. The van der Waals surface area contributed by atoms with Crippen LogP contribution in [0.5, 0.6) is 0 Å². The van der Waals surface area contributed by atoms with Crippen LogP contribution in [0.1, 0.15) is 16.2 Å². The molecule has 0 fully saturated rings. The zero-order chi connectivity index (χ0) is 19.2. The number of likely N-dealkylation sites (N-methyl/N-ethyl adjacent to an activating group) is 1. The molecule has 2 heterocycles. The van der Waals surface area contributed by atoms with Gasteiger partial charge >= 0.3 is 0 Å². The second-order valence-electron chi connectivity index (χ2n) is 6.35. The number of carbonyl (C=O) groups is 1. The lowest BCUT2D eigenvalue weighted by molar-refractivity contribution is 0.0954. The molecule has 0 atom stereocenters. The van der Waals surface area contributed by atoms with E-state index < -0.39 is 0 Å². The topological polar surface area (TPSA) is 87.5 Å². The Kier molecular flexibility index (Phi) is 5.92. The first-order valence-electron chi connectivity index (χ1n) is 8.66. The van der Waals surface area contributed by atoms with Crippen LogP contribution < -0.4 is 10.6 Å². The van der Waals surface area contributed by atoms with E-state index in [0.29, 0.717) is 30.0 Å². The molecule has 3 rings (SSSR count). The Balaban J connectivity index is 1.59. The van der Waals surface area contributed by atoms with Crippen LogP contribution in [0.25, 0.3) is 5.65 Å². The van der Waals surface area contributed by atoms with E-state index in [4.69, 9.17) is 0 Å². The summed E-state index contributed by atoms with van der Waals surface area (Å²) in [7, 11) is 4.02. The van der Waals surface area contributed by atoms with E-state index in [0.717, 1.165) is 18.9 Å². The highest BCUT2D eigenvalue weighted by molar-refractivity contribution is 5.94. The lowest BCUT2D eigenvalue weighted by Crippen LogP contribution is -2.26. The number of hydrogen-bond donors (Lipinski definition) is 2. The number of hydrogen-bond acceptors (Lipinski definition) is 6. The second kappa shape index (κ2) is 8.54. The molecule has 27 heavy (non-hydrogen) atoms. The third-order valence-electron chi connectivity index (χ3n) is 3.93. The first-order valence-corrected chi connectivity index (χ1v) is 8.66. The lowest BCUT2D eigenvalue weighted by Gasteiger charge is -2.10. The zero-order valence-electron chi connectivity index (χ0n) is 15.3. The molecule has 0 saturated heterocycles. The molecular weight excluding hydrogens is 349 g/mol. The van der Waals surface area contributed by atoms with Gasteiger partial charge in [0.25, 0.3) is 5.91 Å². The number of aromatic nitrogens is 4. The van der Waals surface area contributed by atoms with Gasteiger partial charge < -0.3 is 15.5 Å². The molecule has 8 nitrogen and oxygen atoms in total. The molecule has 2 N–H and O–H groups in total. The minimum absolute atomic E-state index is 0.261. The van der Waals surface area contributed by atoms with Crippen LogP contribution in [0.3, 0.4) is 0 Å². The number of nitrogens with one attached hydrogen (secondary N) is 2. The number of anilines is 1. The Labute approximate surface area is 156 Å². The van der Waals surface area contributed by atoms with Crippen molar-refractivity contribution in [2.75, 3.05) is 39.0 Å². The predicted octanol–water partition coefficient (Wildman–Crippen LogP) is 1.21. The zero-order valence-corrected chi connectivity index (χ0v) is 15.3. The average Bonchev–Trinajstić information content (AvgIpc) is 3.04. The molecule has 0 unspecified atom stereocenters. The number of amides is 1. The molecule has 0 saturated carbocycles. The van der Waals surface area contributed by atoms with Gasteiger partial charge in [-0.3, -0.25) is 4.79 Å². The van der Waals surface area contributed by atoms with Crippen molar-refractivity contribution in [2.45, 2.75) is 6.42 Å². The molecule has 2 aromatic heterocycles. The van der Waals surface area contributed by atoms with E-state index in [2.05, 4.69) is 30.8 Å². The van der Waals surface area contributed by atoms with Gasteiger partial charge in [0.2, 0.25) is 0 Å². The Hall–Kier alpha value is -3.07. The highest BCUT2D eigenvalue weighted by atomic mass is 19.1. The quantitative estimate of drug-likeness (QED) is 0.619. The SMILES string of the molecule is CN(C)CCNc1ccc2nnc(CCNC(=O)c3ccc(F)cc3)n2n1. The van der Waals surface area contributed by atoms with Crippen molar-refractivity contribution >= 4 is 17.4 Å². The molecule has 0 aliphatic rings. The van der Waals surface area contributed by atoms with E-state index >= 15 is 0 Å². The van der Waals surface area contributed by atoms with Crippen LogP contribution >= 0.6 is 0 Å². The number of halogens is 1. The fourth-order valence-electron chi connectivity index (χ4n) is 2.48. The third-order valence-corrected chi connectivity index (χ3v) is 3.93. The van der Waals surface area contributed by atoms with E-state index in [9.17, 15) is 9.18 Å². The molecule has 0 radical (unpaired) electrons. The summed E-state index contributed by atoms with van der Waals surface area (Å²) in [6, 6.07) is 9.12. The number of carbonyl (C=O) groups excluding carboxylic acids is 1. The van der Waals surface area contributed by atoms with Gasteiger partial charge in [-0.2, -0.15) is 4.52 Å². The maximum atomic E-state index is 12.9.